The number of hydrogen-bond acceptors (Lipinski definition) is 1. The summed E-state index contributed by atoms with van der Waals surface area (Å²) < 4.78 is 48.9. The molecule has 0 radical (unpaired) electrons. The van der Waals surface area contributed by atoms with E-state index in [-0.39, 0.29) is 29.2 Å². The SMILES string of the molecule is Fc1cccc(C(CBr)CCSC(F)(F)F)c1. The lowest BCUT2D eigenvalue weighted by atomic mass is 9.99. The molecule has 1 aromatic carbocycles. The Hall–Kier alpha value is -0.230. The molecule has 0 aromatic heterocycles. The largest absolute Gasteiger partial charge is 0.441 e. The fourth-order valence-corrected chi connectivity index (χ4v) is 2.74. The zero-order chi connectivity index (χ0) is 12.9. The van der Waals surface area contributed by atoms with Crippen molar-refractivity contribution in [3.05, 3.63) is 35.6 Å². The van der Waals surface area contributed by atoms with E-state index < -0.39 is 5.51 Å². The minimum absolute atomic E-state index is 0.0176. The van der Waals surface area contributed by atoms with Crippen molar-refractivity contribution in [1.29, 1.82) is 0 Å². The maximum atomic E-state index is 13.0. The molecule has 0 nitrogen and oxygen atoms in total. The summed E-state index contributed by atoms with van der Waals surface area (Å²) in [7, 11) is 0. The van der Waals surface area contributed by atoms with E-state index in [0.717, 1.165) is 5.56 Å². The molecule has 0 amide bonds. The smallest absolute Gasteiger partial charge is 0.207 e. The third kappa shape index (κ3) is 5.77. The van der Waals surface area contributed by atoms with Crippen molar-refractivity contribution in [2.45, 2.75) is 17.8 Å². The Kier molecular flexibility index (Phi) is 5.79. The van der Waals surface area contributed by atoms with Crippen LogP contribution < -0.4 is 0 Å². The molecule has 1 rings (SSSR count). The molecule has 1 aromatic rings. The molecule has 0 aliphatic heterocycles. The van der Waals surface area contributed by atoms with Crippen LogP contribution in [0.3, 0.4) is 0 Å². The Morgan fingerprint density at radius 3 is 2.53 bits per heavy atom. The van der Waals surface area contributed by atoms with E-state index in [1.807, 2.05) is 0 Å². The molecule has 0 aliphatic carbocycles. The molecule has 0 N–H and O–H groups in total. The Morgan fingerprint density at radius 2 is 2.00 bits per heavy atom. The summed E-state index contributed by atoms with van der Waals surface area (Å²) in [6.07, 6.45) is 0.360. The van der Waals surface area contributed by atoms with E-state index in [4.69, 9.17) is 0 Å². The molecule has 17 heavy (non-hydrogen) atoms. The molecule has 6 heteroatoms. The summed E-state index contributed by atoms with van der Waals surface area (Å²) in [5.74, 6) is -0.478. The molecule has 0 saturated carbocycles. The number of hydrogen-bond donors (Lipinski definition) is 0. The average Bonchev–Trinajstić information content (AvgIpc) is 2.23. The van der Waals surface area contributed by atoms with Crippen molar-refractivity contribution in [2.75, 3.05) is 11.1 Å². The van der Waals surface area contributed by atoms with Crippen molar-refractivity contribution < 1.29 is 17.6 Å². The first kappa shape index (κ1) is 14.8. The normalized spacial score (nSPS) is 13.7. The summed E-state index contributed by atoms with van der Waals surface area (Å²) >= 11 is 3.21. The summed E-state index contributed by atoms with van der Waals surface area (Å²) in [5, 5.41) is 0.523. The lowest BCUT2D eigenvalue weighted by Crippen LogP contribution is -2.06. The van der Waals surface area contributed by atoms with E-state index in [1.165, 1.54) is 12.1 Å². The van der Waals surface area contributed by atoms with Gasteiger partial charge in [-0.15, -0.1) is 0 Å². The topological polar surface area (TPSA) is 0 Å². The minimum Gasteiger partial charge on any atom is -0.207 e. The lowest BCUT2D eigenvalue weighted by Gasteiger charge is -2.14. The second-order valence-corrected chi connectivity index (χ2v) is 5.30. The fraction of sp³-hybridized carbons (Fsp3) is 0.455. The molecular weight excluding hydrogens is 320 g/mol. The van der Waals surface area contributed by atoms with Crippen LogP contribution in [0.2, 0.25) is 0 Å². The molecule has 0 fully saturated rings. The van der Waals surface area contributed by atoms with E-state index in [2.05, 4.69) is 15.9 Å². The highest BCUT2D eigenvalue weighted by molar-refractivity contribution is 9.09. The highest BCUT2D eigenvalue weighted by Gasteiger charge is 2.28. The van der Waals surface area contributed by atoms with E-state index in [0.29, 0.717) is 11.8 Å². The Morgan fingerprint density at radius 1 is 1.29 bits per heavy atom. The minimum atomic E-state index is -4.20. The van der Waals surface area contributed by atoms with Gasteiger partial charge in [0.2, 0.25) is 0 Å². The van der Waals surface area contributed by atoms with Crippen molar-refractivity contribution in [1.82, 2.24) is 0 Å². The van der Waals surface area contributed by atoms with Crippen molar-refractivity contribution >= 4 is 27.7 Å². The second-order valence-electron chi connectivity index (χ2n) is 3.49. The Labute approximate surface area is 110 Å². The molecular formula is C11H11BrF4S. The quantitative estimate of drug-likeness (QED) is 0.544. The van der Waals surface area contributed by atoms with Crippen LogP contribution >= 0.6 is 27.7 Å². The van der Waals surface area contributed by atoms with Gasteiger partial charge in [0.25, 0.3) is 0 Å². The van der Waals surface area contributed by atoms with Crippen LogP contribution in [0.5, 0.6) is 0 Å². The van der Waals surface area contributed by atoms with Crippen LogP contribution in [-0.4, -0.2) is 16.6 Å². The van der Waals surface area contributed by atoms with E-state index in [1.54, 1.807) is 12.1 Å². The number of thioether (sulfide) groups is 1. The van der Waals surface area contributed by atoms with Gasteiger partial charge in [-0.1, -0.05) is 39.8 Å². The number of alkyl halides is 4. The number of halogens is 5. The van der Waals surface area contributed by atoms with Gasteiger partial charge in [0.05, 0.1) is 0 Å². The van der Waals surface area contributed by atoms with Crippen LogP contribution in [0, 0.1) is 5.82 Å². The predicted octanol–water partition coefficient (Wildman–Crippen LogP) is 4.95. The molecule has 0 spiro atoms. The van der Waals surface area contributed by atoms with Gasteiger partial charge in [-0.2, -0.15) is 13.2 Å². The average molecular weight is 331 g/mol. The van der Waals surface area contributed by atoms with Gasteiger partial charge in [0, 0.05) is 11.1 Å². The highest BCUT2D eigenvalue weighted by atomic mass is 79.9. The van der Waals surface area contributed by atoms with Gasteiger partial charge in [0.15, 0.2) is 0 Å². The van der Waals surface area contributed by atoms with Crippen LogP contribution in [-0.2, 0) is 0 Å². The standard InChI is InChI=1S/C11H11BrF4S/c12-7-9(4-5-17-11(14,15)16)8-2-1-3-10(13)6-8/h1-3,6,9H,4-5,7H2. The lowest BCUT2D eigenvalue weighted by molar-refractivity contribution is -0.0328. The predicted molar refractivity (Wildman–Crippen MR) is 66.1 cm³/mol. The fourth-order valence-electron chi connectivity index (χ4n) is 1.41. The third-order valence-electron chi connectivity index (χ3n) is 2.24. The van der Waals surface area contributed by atoms with Crippen LogP contribution in [0.25, 0.3) is 0 Å². The third-order valence-corrected chi connectivity index (χ3v) is 3.79. The molecule has 0 bridgehead atoms. The van der Waals surface area contributed by atoms with Crippen LogP contribution in [0.15, 0.2) is 24.3 Å². The van der Waals surface area contributed by atoms with Crippen molar-refractivity contribution in [3.63, 3.8) is 0 Å². The Bertz CT molecular complexity index is 354. The summed E-state index contributed by atoms with van der Waals surface area (Å²) in [5.41, 5.74) is -3.47. The molecule has 0 saturated heterocycles. The maximum absolute atomic E-state index is 13.0. The van der Waals surface area contributed by atoms with E-state index in [9.17, 15) is 17.6 Å². The monoisotopic (exact) mass is 330 g/mol. The van der Waals surface area contributed by atoms with Gasteiger partial charge in [-0.25, -0.2) is 4.39 Å². The first-order chi connectivity index (χ1) is 7.92. The number of benzene rings is 1. The molecule has 0 aliphatic rings. The second kappa shape index (κ2) is 6.64. The molecule has 0 heterocycles. The van der Waals surface area contributed by atoms with Gasteiger partial charge < -0.3 is 0 Å². The first-order valence-corrected chi connectivity index (χ1v) is 7.05. The summed E-state index contributed by atoms with van der Waals surface area (Å²) in [4.78, 5) is 0. The first-order valence-electron chi connectivity index (χ1n) is 4.94. The van der Waals surface area contributed by atoms with Crippen molar-refractivity contribution in [3.8, 4) is 0 Å². The van der Waals surface area contributed by atoms with Gasteiger partial charge in [0.1, 0.15) is 5.82 Å². The maximum Gasteiger partial charge on any atom is 0.441 e. The van der Waals surface area contributed by atoms with Gasteiger partial charge >= 0.3 is 5.51 Å². The summed E-state index contributed by atoms with van der Waals surface area (Å²) in [6.45, 7) is 0. The van der Waals surface area contributed by atoms with Crippen molar-refractivity contribution in [2.24, 2.45) is 0 Å². The van der Waals surface area contributed by atoms with Crippen LogP contribution in [0.4, 0.5) is 17.6 Å². The molecule has 1 unspecified atom stereocenters. The van der Waals surface area contributed by atoms with Gasteiger partial charge in [-0.3, -0.25) is 0 Å². The van der Waals surface area contributed by atoms with Gasteiger partial charge in [-0.05, 0) is 30.0 Å². The zero-order valence-electron chi connectivity index (χ0n) is 8.81. The number of rotatable bonds is 5. The van der Waals surface area contributed by atoms with E-state index >= 15 is 0 Å². The molecule has 1 atom stereocenters. The molecule has 96 valence electrons. The zero-order valence-corrected chi connectivity index (χ0v) is 11.2. The highest BCUT2D eigenvalue weighted by Crippen LogP contribution is 2.33. The van der Waals surface area contributed by atoms with Crippen LogP contribution in [0.1, 0.15) is 17.9 Å². The Balaban J connectivity index is 2.54. The summed E-state index contributed by atoms with van der Waals surface area (Å²) in [6, 6.07) is 5.98.